The Balaban J connectivity index is 2.33. The number of benzene rings is 1. The first-order valence-electron chi connectivity index (χ1n) is 4.66. The zero-order valence-electron chi connectivity index (χ0n) is 8.43. The number of carbonyl (C=O) groups excluding carboxylic acids is 1. The molecule has 0 heterocycles. The Bertz CT molecular complexity index is 367. The predicted octanol–water partition coefficient (Wildman–Crippen LogP) is 3.70. The third-order valence-corrected chi connectivity index (χ3v) is 4.18. The number of hydrogen-bond donors (Lipinski definition) is 1. The van der Waals surface area contributed by atoms with E-state index in [-0.39, 0.29) is 0 Å². The molecule has 0 radical (unpaired) electrons. The third kappa shape index (κ3) is 5.34. The summed E-state index contributed by atoms with van der Waals surface area (Å²) in [6, 6.07) is 10.0. The van der Waals surface area contributed by atoms with Crippen LogP contribution in [0.1, 0.15) is 12.0 Å². The SMILES string of the molecule is O=C(Cl)C(S)CC(=S)SCc1ccccc1. The largest absolute Gasteiger partial charge is 0.280 e. The van der Waals surface area contributed by atoms with Crippen LogP contribution in [0, 0.1) is 0 Å². The molecular formula is C11H11ClOS3. The number of thioether (sulfide) groups is 1. The van der Waals surface area contributed by atoms with E-state index in [1.54, 1.807) is 11.8 Å². The Morgan fingerprint density at radius 2 is 2.06 bits per heavy atom. The maximum atomic E-state index is 10.8. The van der Waals surface area contributed by atoms with Crippen LogP contribution in [0.3, 0.4) is 0 Å². The van der Waals surface area contributed by atoms with Gasteiger partial charge < -0.3 is 0 Å². The Morgan fingerprint density at radius 1 is 1.44 bits per heavy atom. The molecule has 0 saturated carbocycles. The molecule has 0 bridgehead atoms. The number of carbonyl (C=O) groups is 1. The van der Waals surface area contributed by atoms with E-state index in [0.29, 0.717) is 6.42 Å². The molecule has 0 fully saturated rings. The molecule has 1 atom stereocenters. The van der Waals surface area contributed by atoms with Crippen molar-refractivity contribution in [3.8, 4) is 0 Å². The molecule has 5 heteroatoms. The van der Waals surface area contributed by atoms with Crippen molar-refractivity contribution in [1.82, 2.24) is 0 Å². The number of thiocarbonyl (C=S) groups is 1. The van der Waals surface area contributed by atoms with Gasteiger partial charge in [-0.15, -0.1) is 11.8 Å². The molecule has 1 aromatic carbocycles. The lowest BCUT2D eigenvalue weighted by molar-refractivity contribution is -0.111. The van der Waals surface area contributed by atoms with Gasteiger partial charge in [-0.25, -0.2) is 0 Å². The van der Waals surface area contributed by atoms with E-state index in [4.69, 9.17) is 23.8 Å². The number of thiol groups is 1. The molecule has 1 nitrogen and oxygen atoms in total. The summed E-state index contributed by atoms with van der Waals surface area (Å²) in [5, 5.41) is -0.941. The summed E-state index contributed by atoms with van der Waals surface area (Å²) in [6.07, 6.45) is 0.443. The van der Waals surface area contributed by atoms with Crippen LogP contribution in [0.4, 0.5) is 0 Å². The first kappa shape index (κ1) is 14.0. The second-order valence-corrected chi connectivity index (χ2v) is 5.99. The second kappa shape index (κ2) is 7.33. The predicted molar refractivity (Wildman–Crippen MR) is 78.6 cm³/mol. The van der Waals surface area contributed by atoms with E-state index in [9.17, 15) is 4.79 Å². The highest BCUT2D eigenvalue weighted by Gasteiger charge is 2.13. The molecule has 0 aliphatic carbocycles. The molecule has 1 aromatic rings. The van der Waals surface area contributed by atoms with Crippen molar-refractivity contribution in [2.45, 2.75) is 17.4 Å². The van der Waals surface area contributed by atoms with Gasteiger partial charge in [-0.2, -0.15) is 12.6 Å². The fourth-order valence-corrected chi connectivity index (χ4v) is 2.69. The summed E-state index contributed by atoms with van der Waals surface area (Å²) in [5.41, 5.74) is 1.21. The molecule has 1 unspecified atom stereocenters. The Kier molecular flexibility index (Phi) is 6.43. The molecular weight excluding hydrogens is 280 g/mol. The summed E-state index contributed by atoms with van der Waals surface area (Å²) in [4.78, 5) is 10.8. The highest BCUT2D eigenvalue weighted by Crippen LogP contribution is 2.19. The monoisotopic (exact) mass is 290 g/mol. The summed E-state index contributed by atoms with van der Waals surface area (Å²) in [7, 11) is 0. The lowest BCUT2D eigenvalue weighted by Gasteiger charge is -2.06. The van der Waals surface area contributed by atoms with Gasteiger partial charge in [0.2, 0.25) is 5.24 Å². The van der Waals surface area contributed by atoms with Crippen LogP contribution in [0.25, 0.3) is 0 Å². The molecule has 16 heavy (non-hydrogen) atoms. The number of halogens is 1. The molecule has 0 aliphatic heterocycles. The molecule has 0 N–H and O–H groups in total. The first-order valence-corrected chi connectivity index (χ1v) is 6.95. The zero-order valence-corrected chi connectivity index (χ0v) is 11.7. The number of hydrogen-bond acceptors (Lipinski definition) is 4. The first-order chi connectivity index (χ1) is 7.59. The van der Waals surface area contributed by atoms with Crippen molar-refractivity contribution >= 4 is 57.6 Å². The standard InChI is InChI=1S/C11H11ClOS3/c12-11(13)9(14)6-10(15)16-7-8-4-2-1-3-5-8/h1-5,9,14H,6-7H2. The van der Waals surface area contributed by atoms with Crippen LogP contribution in [-0.4, -0.2) is 14.7 Å². The Labute approximate surface area is 115 Å². The fraction of sp³-hybridized carbons (Fsp3) is 0.273. The minimum Gasteiger partial charge on any atom is -0.280 e. The Hall–Kier alpha value is -0.0300. The van der Waals surface area contributed by atoms with E-state index in [1.165, 1.54) is 5.56 Å². The summed E-state index contributed by atoms with van der Waals surface area (Å²) >= 11 is 16.1. The molecule has 1 rings (SSSR count). The Morgan fingerprint density at radius 3 is 2.62 bits per heavy atom. The maximum absolute atomic E-state index is 10.8. The van der Waals surface area contributed by atoms with Crippen molar-refractivity contribution in [3.63, 3.8) is 0 Å². The van der Waals surface area contributed by atoms with Crippen molar-refractivity contribution in [3.05, 3.63) is 35.9 Å². The van der Waals surface area contributed by atoms with Crippen molar-refractivity contribution in [2.75, 3.05) is 0 Å². The van der Waals surface area contributed by atoms with Crippen molar-refractivity contribution in [2.24, 2.45) is 0 Å². The number of rotatable bonds is 5. The molecule has 0 aromatic heterocycles. The molecule has 0 amide bonds. The van der Waals surface area contributed by atoms with Gasteiger partial charge in [0.1, 0.15) is 0 Å². The average Bonchev–Trinajstić information content (AvgIpc) is 2.27. The average molecular weight is 291 g/mol. The van der Waals surface area contributed by atoms with Gasteiger partial charge in [0.15, 0.2) is 0 Å². The van der Waals surface area contributed by atoms with Gasteiger partial charge in [-0.1, -0.05) is 42.5 Å². The lowest BCUT2D eigenvalue weighted by Crippen LogP contribution is -2.11. The van der Waals surface area contributed by atoms with Gasteiger partial charge in [0.25, 0.3) is 0 Å². The van der Waals surface area contributed by atoms with Crippen LogP contribution in [0.15, 0.2) is 30.3 Å². The summed E-state index contributed by atoms with van der Waals surface area (Å²) in [5.74, 6) is 0.816. The summed E-state index contributed by atoms with van der Waals surface area (Å²) in [6.45, 7) is 0. The van der Waals surface area contributed by atoms with E-state index in [2.05, 4.69) is 12.6 Å². The van der Waals surface area contributed by atoms with Crippen molar-refractivity contribution in [1.29, 1.82) is 0 Å². The molecule has 0 spiro atoms. The van der Waals surface area contributed by atoms with E-state index in [0.717, 1.165) is 9.95 Å². The topological polar surface area (TPSA) is 17.1 Å². The molecule has 0 saturated heterocycles. The smallest absolute Gasteiger partial charge is 0.234 e. The zero-order chi connectivity index (χ0) is 12.0. The third-order valence-electron chi connectivity index (χ3n) is 1.86. The van der Waals surface area contributed by atoms with E-state index >= 15 is 0 Å². The van der Waals surface area contributed by atoms with Gasteiger partial charge >= 0.3 is 0 Å². The molecule has 86 valence electrons. The van der Waals surface area contributed by atoms with Gasteiger partial charge in [-0.05, 0) is 17.2 Å². The van der Waals surface area contributed by atoms with Gasteiger partial charge in [-0.3, -0.25) is 4.79 Å². The van der Waals surface area contributed by atoms with Crippen LogP contribution in [0.5, 0.6) is 0 Å². The van der Waals surface area contributed by atoms with Gasteiger partial charge in [0.05, 0.1) is 5.25 Å². The van der Waals surface area contributed by atoms with Gasteiger partial charge in [0, 0.05) is 16.4 Å². The lowest BCUT2D eigenvalue weighted by atomic mass is 10.2. The van der Waals surface area contributed by atoms with Crippen LogP contribution in [0.2, 0.25) is 0 Å². The highest BCUT2D eigenvalue weighted by molar-refractivity contribution is 8.22. The quantitative estimate of drug-likeness (QED) is 0.506. The normalized spacial score (nSPS) is 12.1. The van der Waals surface area contributed by atoms with Crippen molar-refractivity contribution < 1.29 is 4.79 Å². The van der Waals surface area contributed by atoms with Crippen LogP contribution >= 0.6 is 48.2 Å². The minimum absolute atomic E-state index is 0.443. The van der Waals surface area contributed by atoms with E-state index < -0.39 is 10.5 Å². The van der Waals surface area contributed by atoms with E-state index in [1.807, 2.05) is 30.3 Å². The fourth-order valence-electron chi connectivity index (χ4n) is 1.04. The molecule has 0 aliphatic rings. The van der Waals surface area contributed by atoms with Crippen LogP contribution in [-0.2, 0) is 10.5 Å². The maximum Gasteiger partial charge on any atom is 0.234 e. The second-order valence-electron chi connectivity index (χ2n) is 3.17. The summed E-state index contributed by atoms with van der Waals surface area (Å²) < 4.78 is 0.762. The highest BCUT2D eigenvalue weighted by atomic mass is 35.5. The van der Waals surface area contributed by atoms with Crippen LogP contribution < -0.4 is 0 Å². The minimum atomic E-state index is -0.488.